The van der Waals surface area contributed by atoms with Gasteiger partial charge in [0, 0.05) is 6.04 Å². The minimum atomic E-state index is -0.502. The number of nitrogens with one attached hydrogen (secondary N) is 1. The van der Waals surface area contributed by atoms with E-state index in [0.717, 1.165) is 37.7 Å². The van der Waals surface area contributed by atoms with Crippen molar-refractivity contribution in [3.05, 3.63) is 35.5 Å². The predicted octanol–water partition coefficient (Wildman–Crippen LogP) is 2.81. The number of aliphatic hydroxyl groups excluding tert-OH is 1. The van der Waals surface area contributed by atoms with Gasteiger partial charge >= 0.3 is 0 Å². The number of rotatable bonds is 2. The second-order valence-corrected chi connectivity index (χ2v) is 6.14. The normalized spacial score (nSPS) is 36.6. The Morgan fingerprint density at radius 1 is 1.30 bits per heavy atom. The largest absolute Gasteiger partial charge is 0.375 e. The maximum atomic E-state index is 10.3. The first-order valence-corrected chi connectivity index (χ1v) is 7.69. The Hall–Kier alpha value is -1.37. The highest BCUT2D eigenvalue weighted by Gasteiger charge is 2.27. The van der Waals surface area contributed by atoms with Gasteiger partial charge in [-0.2, -0.15) is 5.26 Å². The van der Waals surface area contributed by atoms with Crippen LogP contribution in [0.4, 0.5) is 0 Å². The fraction of sp³-hybridized carbons (Fsp3) is 0.588. The average Bonchev–Trinajstić information content (AvgIpc) is 2.49. The Bertz CT molecular complexity index is 498. The van der Waals surface area contributed by atoms with E-state index in [1.807, 2.05) is 6.08 Å². The van der Waals surface area contributed by atoms with E-state index < -0.39 is 6.23 Å². The zero-order valence-corrected chi connectivity index (χ0v) is 11.8. The molecule has 0 radical (unpaired) electrons. The molecule has 106 valence electrons. The molecule has 2 aliphatic carbocycles. The second kappa shape index (κ2) is 5.95. The van der Waals surface area contributed by atoms with Crippen LogP contribution < -0.4 is 5.32 Å². The summed E-state index contributed by atoms with van der Waals surface area (Å²) < 4.78 is 0. The summed E-state index contributed by atoms with van der Waals surface area (Å²) in [5, 5.41) is 22.5. The summed E-state index contributed by atoms with van der Waals surface area (Å²) in [4.78, 5) is 0. The Kier molecular flexibility index (Phi) is 4.05. The standard InChI is InChI=1S/C17H22N2O/c18-11-13-7-5-12(6-8-13)9-15-10-14-3-1-2-4-16(14)19-17(15)20/h3,5,7,10,12-13,16-17,19-20H,1-2,4,6,8-9H2. The van der Waals surface area contributed by atoms with Gasteiger partial charge in [-0.25, -0.2) is 0 Å². The number of hydrogen-bond donors (Lipinski definition) is 2. The lowest BCUT2D eigenvalue weighted by Crippen LogP contribution is -2.44. The van der Waals surface area contributed by atoms with Gasteiger partial charge in [0.25, 0.3) is 0 Å². The molecule has 0 amide bonds. The first-order chi connectivity index (χ1) is 9.76. The summed E-state index contributed by atoms with van der Waals surface area (Å²) in [6.45, 7) is 0. The lowest BCUT2D eigenvalue weighted by Gasteiger charge is -2.34. The molecular formula is C17H22N2O. The van der Waals surface area contributed by atoms with Gasteiger partial charge in [-0.15, -0.1) is 0 Å². The molecule has 3 heteroatoms. The number of aliphatic hydroxyl groups is 1. The highest BCUT2D eigenvalue weighted by molar-refractivity contribution is 5.35. The van der Waals surface area contributed by atoms with Gasteiger partial charge in [-0.1, -0.05) is 24.3 Å². The Morgan fingerprint density at radius 2 is 2.20 bits per heavy atom. The molecule has 1 heterocycles. The average molecular weight is 270 g/mol. The molecule has 4 unspecified atom stereocenters. The van der Waals surface area contributed by atoms with Crippen molar-refractivity contribution in [3.8, 4) is 6.07 Å². The van der Waals surface area contributed by atoms with Gasteiger partial charge in [0.15, 0.2) is 0 Å². The van der Waals surface area contributed by atoms with Crippen LogP contribution in [0.1, 0.15) is 38.5 Å². The van der Waals surface area contributed by atoms with Crippen LogP contribution in [0, 0.1) is 23.2 Å². The molecule has 0 saturated heterocycles. The molecule has 0 aromatic rings. The van der Waals surface area contributed by atoms with Crippen molar-refractivity contribution in [3.63, 3.8) is 0 Å². The van der Waals surface area contributed by atoms with Crippen LogP contribution in [0.2, 0.25) is 0 Å². The van der Waals surface area contributed by atoms with Crippen molar-refractivity contribution in [1.29, 1.82) is 5.26 Å². The third kappa shape index (κ3) is 2.87. The van der Waals surface area contributed by atoms with Crippen LogP contribution in [-0.4, -0.2) is 17.4 Å². The monoisotopic (exact) mass is 270 g/mol. The van der Waals surface area contributed by atoms with Crippen LogP contribution in [0.25, 0.3) is 0 Å². The first kappa shape index (κ1) is 13.6. The maximum Gasteiger partial charge on any atom is 0.127 e. The van der Waals surface area contributed by atoms with E-state index in [1.165, 1.54) is 12.0 Å². The SMILES string of the molecule is N#CC1C=CC(CC2=CC3=CCCCC3NC2O)CC1. The zero-order chi connectivity index (χ0) is 13.9. The van der Waals surface area contributed by atoms with Gasteiger partial charge in [0.05, 0.1) is 12.0 Å². The number of nitriles is 1. The van der Waals surface area contributed by atoms with Crippen molar-refractivity contribution >= 4 is 0 Å². The van der Waals surface area contributed by atoms with Crippen LogP contribution >= 0.6 is 0 Å². The molecule has 0 spiro atoms. The summed E-state index contributed by atoms with van der Waals surface area (Å²) in [5.41, 5.74) is 2.45. The lowest BCUT2D eigenvalue weighted by atomic mass is 9.82. The smallest absolute Gasteiger partial charge is 0.127 e. The van der Waals surface area contributed by atoms with Crippen molar-refractivity contribution < 1.29 is 5.11 Å². The highest BCUT2D eigenvalue weighted by atomic mass is 16.3. The molecular weight excluding hydrogens is 248 g/mol. The van der Waals surface area contributed by atoms with Crippen LogP contribution in [0.3, 0.4) is 0 Å². The van der Waals surface area contributed by atoms with E-state index in [-0.39, 0.29) is 5.92 Å². The third-order valence-electron chi connectivity index (χ3n) is 4.67. The molecule has 3 rings (SSSR count). The Balaban J connectivity index is 1.69. The molecule has 20 heavy (non-hydrogen) atoms. The zero-order valence-electron chi connectivity index (χ0n) is 11.8. The quantitative estimate of drug-likeness (QED) is 0.759. The molecule has 0 bridgehead atoms. The Morgan fingerprint density at radius 3 is 2.95 bits per heavy atom. The van der Waals surface area contributed by atoms with Gasteiger partial charge in [0.2, 0.25) is 0 Å². The molecule has 4 atom stereocenters. The second-order valence-electron chi connectivity index (χ2n) is 6.14. The lowest BCUT2D eigenvalue weighted by molar-refractivity contribution is 0.147. The molecule has 0 aromatic heterocycles. The summed E-state index contributed by atoms with van der Waals surface area (Å²) >= 11 is 0. The van der Waals surface area contributed by atoms with E-state index >= 15 is 0 Å². The van der Waals surface area contributed by atoms with E-state index in [9.17, 15) is 5.11 Å². The van der Waals surface area contributed by atoms with E-state index in [0.29, 0.717) is 12.0 Å². The van der Waals surface area contributed by atoms with Crippen molar-refractivity contribution in [2.75, 3.05) is 0 Å². The Labute approximate surface area is 120 Å². The molecule has 0 aromatic carbocycles. The molecule has 0 saturated carbocycles. The first-order valence-electron chi connectivity index (χ1n) is 7.69. The molecule has 0 fully saturated rings. The van der Waals surface area contributed by atoms with Crippen LogP contribution in [-0.2, 0) is 0 Å². The van der Waals surface area contributed by atoms with Gasteiger partial charge in [0.1, 0.15) is 6.23 Å². The molecule has 3 aliphatic rings. The van der Waals surface area contributed by atoms with Gasteiger partial charge in [-0.05, 0) is 55.6 Å². The number of hydrogen-bond acceptors (Lipinski definition) is 3. The predicted molar refractivity (Wildman–Crippen MR) is 78.5 cm³/mol. The minimum Gasteiger partial charge on any atom is -0.375 e. The fourth-order valence-corrected chi connectivity index (χ4v) is 3.46. The van der Waals surface area contributed by atoms with Crippen LogP contribution in [0.15, 0.2) is 35.5 Å². The summed E-state index contributed by atoms with van der Waals surface area (Å²) in [5.74, 6) is 0.545. The summed E-state index contributed by atoms with van der Waals surface area (Å²) in [6.07, 6.45) is 14.6. The third-order valence-corrected chi connectivity index (χ3v) is 4.67. The number of fused-ring (bicyclic) bond motifs is 1. The van der Waals surface area contributed by atoms with Gasteiger partial charge in [-0.3, -0.25) is 5.32 Å². The van der Waals surface area contributed by atoms with Crippen molar-refractivity contribution in [1.82, 2.24) is 5.32 Å². The molecule has 2 N–H and O–H groups in total. The number of allylic oxidation sites excluding steroid dienone is 3. The van der Waals surface area contributed by atoms with Crippen LogP contribution in [0.5, 0.6) is 0 Å². The highest BCUT2D eigenvalue weighted by Crippen LogP contribution is 2.32. The summed E-state index contributed by atoms with van der Waals surface area (Å²) in [7, 11) is 0. The van der Waals surface area contributed by atoms with E-state index in [4.69, 9.17) is 5.26 Å². The van der Waals surface area contributed by atoms with Crippen molar-refractivity contribution in [2.45, 2.75) is 50.8 Å². The maximum absolute atomic E-state index is 10.3. The fourth-order valence-electron chi connectivity index (χ4n) is 3.46. The number of nitrogens with zero attached hydrogens (tertiary/aromatic N) is 1. The molecule has 1 aliphatic heterocycles. The van der Waals surface area contributed by atoms with Gasteiger partial charge < -0.3 is 5.11 Å². The minimum absolute atomic E-state index is 0.0834. The van der Waals surface area contributed by atoms with E-state index in [2.05, 4.69) is 29.6 Å². The molecule has 3 nitrogen and oxygen atoms in total. The topological polar surface area (TPSA) is 56.0 Å². The van der Waals surface area contributed by atoms with E-state index in [1.54, 1.807) is 0 Å². The van der Waals surface area contributed by atoms with Crippen molar-refractivity contribution in [2.24, 2.45) is 11.8 Å². The summed E-state index contributed by atoms with van der Waals surface area (Å²) in [6, 6.07) is 2.64.